The molecule has 7 heteroatoms. The molecule has 0 unspecified atom stereocenters. The van der Waals surface area contributed by atoms with Crippen LogP contribution < -0.4 is 0 Å². The van der Waals surface area contributed by atoms with Gasteiger partial charge in [-0.05, 0) is 12.8 Å². The average molecular weight is 330 g/mol. The van der Waals surface area contributed by atoms with Gasteiger partial charge in [-0.2, -0.15) is 0 Å². The van der Waals surface area contributed by atoms with Crippen LogP contribution in [0, 0.1) is 0 Å². The number of esters is 3. The Balaban J connectivity index is 3.16. The van der Waals surface area contributed by atoms with Gasteiger partial charge in [-0.1, -0.05) is 20.3 Å². The minimum absolute atomic E-state index is 0.412. The van der Waals surface area contributed by atoms with Gasteiger partial charge < -0.3 is 18.9 Å². The van der Waals surface area contributed by atoms with E-state index in [1.807, 2.05) is 13.8 Å². The normalized spacial score (nSPS) is 30.4. The summed E-state index contributed by atoms with van der Waals surface area (Å²) in [4.78, 5) is 34.4. The van der Waals surface area contributed by atoms with Crippen LogP contribution in [0.25, 0.3) is 0 Å². The van der Waals surface area contributed by atoms with Crippen molar-refractivity contribution in [2.45, 2.75) is 84.4 Å². The highest BCUT2D eigenvalue weighted by molar-refractivity contribution is 5.68. The van der Waals surface area contributed by atoms with E-state index in [0.29, 0.717) is 12.8 Å². The maximum Gasteiger partial charge on any atom is 0.303 e. The number of ether oxygens (including phenoxy) is 4. The van der Waals surface area contributed by atoms with Crippen LogP contribution in [0.4, 0.5) is 0 Å². The fourth-order valence-corrected chi connectivity index (χ4v) is 2.83. The van der Waals surface area contributed by atoms with Crippen LogP contribution in [-0.4, -0.2) is 48.4 Å². The number of carbonyl (C=O) groups is 3. The molecule has 0 aromatic heterocycles. The maximum atomic E-state index is 11.5. The Morgan fingerprint density at radius 3 is 1.61 bits per heavy atom. The molecule has 1 saturated heterocycles. The van der Waals surface area contributed by atoms with E-state index < -0.39 is 48.4 Å². The summed E-state index contributed by atoms with van der Waals surface area (Å²) in [7, 11) is 0. The van der Waals surface area contributed by atoms with E-state index in [1.54, 1.807) is 0 Å². The molecule has 132 valence electrons. The van der Waals surface area contributed by atoms with Crippen LogP contribution >= 0.6 is 0 Å². The molecular formula is C16H26O7. The first kappa shape index (κ1) is 19.4. The van der Waals surface area contributed by atoms with Gasteiger partial charge in [0.15, 0.2) is 18.3 Å². The van der Waals surface area contributed by atoms with Crippen molar-refractivity contribution in [1.82, 2.24) is 0 Å². The summed E-state index contributed by atoms with van der Waals surface area (Å²) in [6.45, 7) is 7.69. The second kappa shape index (κ2) is 8.86. The maximum absolute atomic E-state index is 11.5. The van der Waals surface area contributed by atoms with Gasteiger partial charge in [-0.15, -0.1) is 0 Å². The Morgan fingerprint density at radius 2 is 1.22 bits per heavy atom. The second-order valence-electron chi connectivity index (χ2n) is 5.63. The van der Waals surface area contributed by atoms with Crippen LogP contribution in [0.15, 0.2) is 0 Å². The summed E-state index contributed by atoms with van der Waals surface area (Å²) in [6, 6.07) is 0. The lowest BCUT2D eigenvalue weighted by Gasteiger charge is -2.44. The number of hydrogen-bond acceptors (Lipinski definition) is 7. The highest BCUT2D eigenvalue weighted by atomic mass is 16.6. The van der Waals surface area contributed by atoms with Crippen molar-refractivity contribution in [2.24, 2.45) is 0 Å². The van der Waals surface area contributed by atoms with Crippen LogP contribution in [-0.2, 0) is 33.3 Å². The van der Waals surface area contributed by atoms with Gasteiger partial charge >= 0.3 is 17.9 Å². The summed E-state index contributed by atoms with van der Waals surface area (Å²) < 4.78 is 22.0. The van der Waals surface area contributed by atoms with Gasteiger partial charge in [0, 0.05) is 20.8 Å². The molecule has 0 aliphatic carbocycles. The summed E-state index contributed by atoms with van der Waals surface area (Å²) in [5, 5.41) is 0. The third-order valence-corrected chi connectivity index (χ3v) is 3.61. The minimum Gasteiger partial charge on any atom is -0.456 e. The zero-order valence-electron chi connectivity index (χ0n) is 14.4. The predicted molar refractivity (Wildman–Crippen MR) is 80.5 cm³/mol. The van der Waals surface area contributed by atoms with Gasteiger partial charge in [-0.3, -0.25) is 14.4 Å². The molecule has 23 heavy (non-hydrogen) atoms. The van der Waals surface area contributed by atoms with E-state index in [0.717, 1.165) is 6.42 Å². The first-order valence-corrected chi connectivity index (χ1v) is 7.97. The minimum atomic E-state index is -0.879. The molecule has 0 spiro atoms. The van der Waals surface area contributed by atoms with Gasteiger partial charge in [0.1, 0.15) is 0 Å². The number of carbonyl (C=O) groups excluding carboxylic acids is 3. The molecule has 1 rings (SSSR count). The molecule has 0 amide bonds. The topological polar surface area (TPSA) is 88.1 Å². The second-order valence-corrected chi connectivity index (χ2v) is 5.63. The molecule has 1 fully saturated rings. The molecule has 0 aromatic carbocycles. The van der Waals surface area contributed by atoms with Crippen molar-refractivity contribution >= 4 is 17.9 Å². The molecule has 0 radical (unpaired) electrons. The Labute approximate surface area is 136 Å². The molecule has 0 aromatic rings. The third-order valence-electron chi connectivity index (χ3n) is 3.61. The van der Waals surface area contributed by atoms with E-state index in [4.69, 9.17) is 18.9 Å². The summed E-state index contributed by atoms with van der Waals surface area (Å²) in [6.07, 6.45) is -1.31. The van der Waals surface area contributed by atoms with Crippen molar-refractivity contribution in [3.63, 3.8) is 0 Å². The smallest absolute Gasteiger partial charge is 0.303 e. The standard InChI is InChI=1S/C16H26O7/c1-6-8-13-15(21-10(4)18)16(22-11(5)19)14(20-9(3)17)12(7-2)23-13/h12-16H,6-8H2,1-5H3/t12-,13-,14+,15+,16+/m1/s1. The van der Waals surface area contributed by atoms with Gasteiger partial charge in [-0.25, -0.2) is 0 Å². The van der Waals surface area contributed by atoms with E-state index in [2.05, 4.69) is 0 Å². The lowest BCUT2D eigenvalue weighted by atomic mass is 9.91. The predicted octanol–water partition coefficient (Wildman–Crippen LogP) is 1.76. The molecule has 0 bridgehead atoms. The summed E-state index contributed by atoms with van der Waals surface area (Å²) in [5.74, 6) is -1.55. The first-order chi connectivity index (χ1) is 10.8. The highest BCUT2D eigenvalue weighted by Crippen LogP contribution is 2.32. The number of hydrogen-bond donors (Lipinski definition) is 0. The molecule has 1 aliphatic heterocycles. The van der Waals surface area contributed by atoms with E-state index in [-0.39, 0.29) is 0 Å². The van der Waals surface area contributed by atoms with Crippen molar-refractivity contribution in [1.29, 1.82) is 0 Å². The van der Waals surface area contributed by atoms with E-state index >= 15 is 0 Å². The monoisotopic (exact) mass is 330 g/mol. The molecular weight excluding hydrogens is 304 g/mol. The van der Waals surface area contributed by atoms with Crippen LogP contribution in [0.3, 0.4) is 0 Å². The quantitative estimate of drug-likeness (QED) is 0.541. The first-order valence-electron chi connectivity index (χ1n) is 7.97. The van der Waals surface area contributed by atoms with Crippen LogP contribution in [0.1, 0.15) is 53.9 Å². The number of rotatable bonds is 6. The van der Waals surface area contributed by atoms with Crippen molar-refractivity contribution < 1.29 is 33.3 Å². The van der Waals surface area contributed by atoms with Crippen LogP contribution in [0.2, 0.25) is 0 Å². The van der Waals surface area contributed by atoms with E-state index in [9.17, 15) is 14.4 Å². The fourth-order valence-electron chi connectivity index (χ4n) is 2.83. The zero-order valence-corrected chi connectivity index (χ0v) is 14.4. The van der Waals surface area contributed by atoms with Crippen molar-refractivity contribution in [2.75, 3.05) is 0 Å². The third kappa shape index (κ3) is 5.49. The molecule has 5 atom stereocenters. The summed E-state index contributed by atoms with van der Waals surface area (Å²) >= 11 is 0. The average Bonchev–Trinajstić information content (AvgIpc) is 2.43. The molecule has 0 N–H and O–H groups in total. The Bertz CT molecular complexity index is 434. The van der Waals surface area contributed by atoms with Gasteiger partial charge in [0.2, 0.25) is 0 Å². The Kier molecular flexibility index (Phi) is 7.48. The van der Waals surface area contributed by atoms with Crippen molar-refractivity contribution in [3.05, 3.63) is 0 Å². The fraction of sp³-hybridized carbons (Fsp3) is 0.812. The van der Waals surface area contributed by atoms with Gasteiger partial charge in [0.05, 0.1) is 12.2 Å². The zero-order chi connectivity index (χ0) is 17.6. The lowest BCUT2D eigenvalue weighted by molar-refractivity contribution is -0.247. The van der Waals surface area contributed by atoms with Crippen LogP contribution in [0.5, 0.6) is 0 Å². The lowest BCUT2D eigenvalue weighted by Crippen LogP contribution is -2.61. The van der Waals surface area contributed by atoms with E-state index in [1.165, 1.54) is 20.8 Å². The van der Waals surface area contributed by atoms with Gasteiger partial charge in [0.25, 0.3) is 0 Å². The largest absolute Gasteiger partial charge is 0.456 e. The Hall–Kier alpha value is -1.63. The SMILES string of the molecule is CCC[C@H]1O[C@H](CC)[C@H](OC(C)=O)[C@H](OC(C)=O)[C@H]1OC(C)=O. The van der Waals surface area contributed by atoms with Crippen molar-refractivity contribution in [3.8, 4) is 0 Å². The molecule has 1 heterocycles. The summed E-state index contributed by atoms with van der Waals surface area (Å²) in [5.41, 5.74) is 0. The molecule has 0 saturated carbocycles. The Morgan fingerprint density at radius 1 is 0.783 bits per heavy atom. The molecule has 7 nitrogen and oxygen atoms in total. The molecule has 1 aliphatic rings. The highest BCUT2D eigenvalue weighted by Gasteiger charge is 2.50.